The third-order valence-electron chi connectivity index (χ3n) is 3.83. The highest BCUT2D eigenvalue weighted by Crippen LogP contribution is 2.20. The van der Waals surface area contributed by atoms with Crippen molar-refractivity contribution in [1.29, 1.82) is 0 Å². The number of anilines is 2. The lowest BCUT2D eigenvalue weighted by Crippen LogP contribution is -2.31. The van der Waals surface area contributed by atoms with Crippen molar-refractivity contribution in [3.8, 4) is 0 Å². The van der Waals surface area contributed by atoms with Gasteiger partial charge in [0.15, 0.2) is 0 Å². The number of hydrogen-bond donors (Lipinski definition) is 1. The summed E-state index contributed by atoms with van der Waals surface area (Å²) >= 11 is 0. The zero-order valence-corrected chi connectivity index (χ0v) is 13.7. The Hall–Kier alpha value is -2.36. The first kappa shape index (κ1) is 16.0. The quantitative estimate of drug-likeness (QED) is 0.909. The van der Waals surface area contributed by atoms with E-state index >= 15 is 0 Å². The van der Waals surface area contributed by atoms with Gasteiger partial charge in [0, 0.05) is 30.7 Å². The number of benzene rings is 1. The van der Waals surface area contributed by atoms with Gasteiger partial charge >= 0.3 is 0 Å². The first-order valence-electron chi connectivity index (χ1n) is 7.64. The van der Waals surface area contributed by atoms with Crippen LogP contribution in [0.4, 0.5) is 11.4 Å². The average molecular weight is 297 g/mol. The van der Waals surface area contributed by atoms with Gasteiger partial charge in [-0.2, -0.15) is 0 Å². The Morgan fingerprint density at radius 1 is 1.05 bits per heavy atom. The van der Waals surface area contributed by atoms with Gasteiger partial charge in [0.05, 0.1) is 0 Å². The Kier molecular flexibility index (Phi) is 5.15. The van der Waals surface area contributed by atoms with E-state index in [0.29, 0.717) is 18.8 Å². The molecule has 22 heavy (non-hydrogen) atoms. The van der Waals surface area contributed by atoms with E-state index < -0.39 is 0 Å². The molecule has 0 aliphatic heterocycles. The first-order chi connectivity index (χ1) is 10.5. The molecule has 0 fully saturated rings. The van der Waals surface area contributed by atoms with Crippen LogP contribution >= 0.6 is 0 Å². The standard InChI is InChI=1S/C18H23N3O/c1-5-21(6-2)18(22)17-12-16(9-10-19-17)20-15-8-7-13(3)14(4)11-15/h7-12H,5-6H2,1-4H3,(H,19,20). The molecule has 116 valence electrons. The molecule has 0 unspecified atom stereocenters. The van der Waals surface area contributed by atoms with E-state index in [1.807, 2.05) is 26.0 Å². The molecule has 0 bridgehead atoms. The molecular weight excluding hydrogens is 274 g/mol. The van der Waals surface area contributed by atoms with Crippen LogP contribution in [0.1, 0.15) is 35.5 Å². The molecule has 0 aliphatic rings. The van der Waals surface area contributed by atoms with Crippen LogP contribution in [0.3, 0.4) is 0 Å². The molecule has 1 N–H and O–H groups in total. The normalized spacial score (nSPS) is 10.4. The summed E-state index contributed by atoms with van der Waals surface area (Å²) in [5.41, 5.74) is 4.85. The zero-order valence-electron chi connectivity index (χ0n) is 13.7. The second kappa shape index (κ2) is 7.07. The molecule has 0 saturated carbocycles. The number of carbonyl (C=O) groups excluding carboxylic acids is 1. The molecule has 2 aromatic rings. The minimum Gasteiger partial charge on any atom is -0.355 e. The fraction of sp³-hybridized carbons (Fsp3) is 0.333. The summed E-state index contributed by atoms with van der Waals surface area (Å²) in [4.78, 5) is 18.3. The Labute approximate surface area is 132 Å². The molecule has 0 atom stereocenters. The van der Waals surface area contributed by atoms with Crippen LogP contribution in [0.25, 0.3) is 0 Å². The first-order valence-corrected chi connectivity index (χ1v) is 7.64. The fourth-order valence-electron chi connectivity index (χ4n) is 2.28. The van der Waals surface area contributed by atoms with Crippen LogP contribution in [-0.4, -0.2) is 28.9 Å². The largest absolute Gasteiger partial charge is 0.355 e. The van der Waals surface area contributed by atoms with Crippen LogP contribution in [0.15, 0.2) is 36.5 Å². The lowest BCUT2D eigenvalue weighted by atomic mass is 10.1. The topological polar surface area (TPSA) is 45.2 Å². The number of pyridine rings is 1. The van der Waals surface area contributed by atoms with Crippen molar-refractivity contribution >= 4 is 17.3 Å². The minimum absolute atomic E-state index is 0.0336. The summed E-state index contributed by atoms with van der Waals surface area (Å²) in [5, 5.41) is 3.33. The lowest BCUT2D eigenvalue weighted by molar-refractivity contribution is 0.0767. The van der Waals surface area contributed by atoms with E-state index in [2.05, 4.69) is 36.3 Å². The fourth-order valence-corrected chi connectivity index (χ4v) is 2.28. The molecule has 1 heterocycles. The van der Waals surface area contributed by atoms with Gasteiger partial charge in [-0.05, 0) is 63.1 Å². The maximum Gasteiger partial charge on any atom is 0.272 e. The van der Waals surface area contributed by atoms with Gasteiger partial charge < -0.3 is 10.2 Å². The van der Waals surface area contributed by atoms with E-state index in [0.717, 1.165) is 11.4 Å². The van der Waals surface area contributed by atoms with Gasteiger partial charge in [-0.25, -0.2) is 0 Å². The van der Waals surface area contributed by atoms with Crippen molar-refractivity contribution in [2.24, 2.45) is 0 Å². The van der Waals surface area contributed by atoms with E-state index in [9.17, 15) is 4.79 Å². The summed E-state index contributed by atoms with van der Waals surface area (Å²) in [5.74, 6) is -0.0336. The number of hydrogen-bond acceptors (Lipinski definition) is 3. The number of rotatable bonds is 5. The summed E-state index contributed by atoms with van der Waals surface area (Å²) < 4.78 is 0. The molecule has 4 nitrogen and oxygen atoms in total. The minimum atomic E-state index is -0.0336. The average Bonchev–Trinajstić information content (AvgIpc) is 2.52. The summed E-state index contributed by atoms with van der Waals surface area (Å²) in [6.07, 6.45) is 1.67. The predicted molar refractivity (Wildman–Crippen MR) is 90.7 cm³/mol. The highest BCUT2D eigenvalue weighted by Gasteiger charge is 2.14. The maximum absolute atomic E-state index is 12.3. The maximum atomic E-state index is 12.3. The molecule has 1 aromatic carbocycles. The van der Waals surface area contributed by atoms with E-state index in [-0.39, 0.29) is 5.91 Å². The SMILES string of the molecule is CCN(CC)C(=O)c1cc(Nc2ccc(C)c(C)c2)ccn1. The van der Waals surface area contributed by atoms with Crippen molar-refractivity contribution in [3.05, 3.63) is 53.3 Å². The molecule has 0 spiro atoms. The van der Waals surface area contributed by atoms with Crippen LogP contribution in [0, 0.1) is 13.8 Å². The Balaban J connectivity index is 2.21. The van der Waals surface area contributed by atoms with Crippen molar-refractivity contribution in [3.63, 3.8) is 0 Å². The number of carbonyl (C=O) groups is 1. The highest BCUT2D eigenvalue weighted by atomic mass is 16.2. The predicted octanol–water partition coefficient (Wildman–Crippen LogP) is 3.92. The van der Waals surface area contributed by atoms with Gasteiger partial charge in [-0.15, -0.1) is 0 Å². The van der Waals surface area contributed by atoms with Gasteiger partial charge in [0.2, 0.25) is 0 Å². The third-order valence-corrected chi connectivity index (χ3v) is 3.83. The molecule has 0 radical (unpaired) electrons. The summed E-state index contributed by atoms with van der Waals surface area (Å²) in [7, 11) is 0. The zero-order chi connectivity index (χ0) is 16.1. The second-order valence-electron chi connectivity index (χ2n) is 5.33. The molecular formula is C18H23N3O. The number of aromatic nitrogens is 1. The Bertz CT molecular complexity index is 663. The van der Waals surface area contributed by atoms with Crippen LogP contribution in [-0.2, 0) is 0 Å². The van der Waals surface area contributed by atoms with E-state index in [1.165, 1.54) is 11.1 Å². The third kappa shape index (κ3) is 3.64. The molecule has 0 aliphatic carbocycles. The van der Waals surface area contributed by atoms with Gasteiger partial charge in [-0.3, -0.25) is 9.78 Å². The number of aryl methyl sites for hydroxylation is 2. The van der Waals surface area contributed by atoms with Crippen LogP contribution in [0.2, 0.25) is 0 Å². The van der Waals surface area contributed by atoms with Gasteiger partial charge in [0.1, 0.15) is 5.69 Å². The number of nitrogens with one attached hydrogen (secondary N) is 1. The number of amides is 1. The Morgan fingerprint density at radius 2 is 1.73 bits per heavy atom. The highest BCUT2D eigenvalue weighted by molar-refractivity contribution is 5.93. The van der Waals surface area contributed by atoms with Crippen molar-refractivity contribution < 1.29 is 4.79 Å². The molecule has 0 saturated heterocycles. The molecule has 4 heteroatoms. The second-order valence-corrected chi connectivity index (χ2v) is 5.33. The number of nitrogens with zero attached hydrogens (tertiary/aromatic N) is 2. The van der Waals surface area contributed by atoms with E-state index in [1.54, 1.807) is 17.2 Å². The Morgan fingerprint density at radius 3 is 2.36 bits per heavy atom. The molecule has 1 amide bonds. The van der Waals surface area contributed by atoms with Crippen molar-refractivity contribution in [2.75, 3.05) is 18.4 Å². The van der Waals surface area contributed by atoms with Crippen LogP contribution in [0.5, 0.6) is 0 Å². The van der Waals surface area contributed by atoms with E-state index in [4.69, 9.17) is 0 Å². The smallest absolute Gasteiger partial charge is 0.272 e. The molecule has 1 aromatic heterocycles. The van der Waals surface area contributed by atoms with Crippen molar-refractivity contribution in [2.45, 2.75) is 27.7 Å². The van der Waals surface area contributed by atoms with Crippen LogP contribution < -0.4 is 5.32 Å². The van der Waals surface area contributed by atoms with Gasteiger partial charge in [-0.1, -0.05) is 6.07 Å². The summed E-state index contributed by atoms with van der Waals surface area (Å²) in [6.45, 7) is 9.49. The molecule has 2 rings (SSSR count). The van der Waals surface area contributed by atoms with Gasteiger partial charge in [0.25, 0.3) is 5.91 Å². The lowest BCUT2D eigenvalue weighted by Gasteiger charge is -2.18. The summed E-state index contributed by atoms with van der Waals surface area (Å²) in [6, 6.07) is 9.89. The van der Waals surface area contributed by atoms with Crippen molar-refractivity contribution in [1.82, 2.24) is 9.88 Å². The monoisotopic (exact) mass is 297 g/mol.